The van der Waals surface area contributed by atoms with Crippen molar-refractivity contribution in [2.45, 2.75) is 38.6 Å². The monoisotopic (exact) mass is 454 g/mol. The van der Waals surface area contributed by atoms with Crippen LogP contribution in [-0.2, 0) is 4.79 Å². The zero-order valence-electron chi connectivity index (χ0n) is 18.3. The Balaban J connectivity index is 1.45. The molecule has 33 heavy (non-hydrogen) atoms. The van der Waals surface area contributed by atoms with E-state index in [4.69, 9.17) is 5.73 Å². The Bertz CT molecular complexity index is 1190. The highest BCUT2D eigenvalue weighted by Gasteiger charge is 2.69. The maximum Gasteiger partial charge on any atom is 0.267 e. The first-order valence-corrected chi connectivity index (χ1v) is 11.0. The molecule has 1 aliphatic heterocycles. The Hall–Kier alpha value is -3.36. The molecular weight excluding hydrogens is 430 g/mol. The minimum atomic E-state index is -0.982. The first-order valence-electron chi connectivity index (χ1n) is 11.0. The molecule has 1 aromatic heterocycles. The fraction of sp³-hybridized carbons (Fsp3) is 0.417. The number of piperidine rings is 1. The van der Waals surface area contributed by atoms with Gasteiger partial charge >= 0.3 is 0 Å². The smallest absolute Gasteiger partial charge is 0.267 e. The Kier molecular flexibility index (Phi) is 4.77. The molecule has 2 aliphatic carbocycles. The number of hydrogen-bond acceptors (Lipinski definition) is 4. The van der Waals surface area contributed by atoms with Gasteiger partial charge in [0.05, 0.1) is 0 Å². The molecular formula is C24H24F2N4O3. The molecule has 3 amide bonds. The number of fused-ring (bicyclic) bond motifs is 1. The van der Waals surface area contributed by atoms with Gasteiger partial charge in [-0.3, -0.25) is 19.4 Å². The second-order valence-electron chi connectivity index (χ2n) is 9.74. The van der Waals surface area contributed by atoms with Crippen LogP contribution in [0.25, 0.3) is 0 Å². The van der Waals surface area contributed by atoms with Crippen molar-refractivity contribution in [1.82, 2.24) is 9.88 Å². The Morgan fingerprint density at radius 1 is 1.18 bits per heavy atom. The number of amides is 3. The maximum atomic E-state index is 14.6. The van der Waals surface area contributed by atoms with Gasteiger partial charge in [0, 0.05) is 29.6 Å². The highest BCUT2D eigenvalue weighted by Crippen LogP contribution is 2.65. The van der Waals surface area contributed by atoms with E-state index >= 15 is 0 Å². The summed E-state index contributed by atoms with van der Waals surface area (Å²) in [7, 11) is 0. The van der Waals surface area contributed by atoms with Crippen LogP contribution < -0.4 is 11.1 Å². The maximum absolute atomic E-state index is 14.6. The molecule has 2 saturated carbocycles. The quantitative estimate of drug-likeness (QED) is 0.724. The molecule has 3 N–H and O–H groups in total. The van der Waals surface area contributed by atoms with Gasteiger partial charge in [0.1, 0.15) is 11.7 Å². The highest BCUT2D eigenvalue weighted by molar-refractivity contribution is 6.03. The number of pyridine rings is 1. The lowest BCUT2D eigenvalue weighted by Gasteiger charge is -2.30. The van der Waals surface area contributed by atoms with E-state index in [2.05, 4.69) is 24.1 Å². The van der Waals surface area contributed by atoms with Crippen LogP contribution in [0.1, 0.15) is 59.0 Å². The van der Waals surface area contributed by atoms with Crippen LogP contribution in [0, 0.1) is 28.9 Å². The van der Waals surface area contributed by atoms with Crippen LogP contribution in [0.4, 0.5) is 14.5 Å². The second-order valence-corrected chi connectivity index (χ2v) is 9.74. The summed E-state index contributed by atoms with van der Waals surface area (Å²) < 4.78 is 28.5. The van der Waals surface area contributed by atoms with Crippen LogP contribution in [0.2, 0.25) is 0 Å². The summed E-state index contributed by atoms with van der Waals surface area (Å²) in [6.07, 6.45) is 2.76. The van der Waals surface area contributed by atoms with E-state index in [0.717, 1.165) is 6.07 Å². The lowest BCUT2D eigenvalue weighted by molar-refractivity contribution is -0.120. The van der Waals surface area contributed by atoms with Crippen LogP contribution in [0.5, 0.6) is 0 Å². The first kappa shape index (κ1) is 21.5. The summed E-state index contributed by atoms with van der Waals surface area (Å²) in [5.41, 5.74) is 5.72. The number of carbonyl (C=O) groups is 3. The van der Waals surface area contributed by atoms with Gasteiger partial charge in [-0.05, 0) is 60.3 Å². The Labute approximate surface area is 189 Å². The average molecular weight is 454 g/mol. The van der Waals surface area contributed by atoms with Gasteiger partial charge in [0.25, 0.3) is 11.8 Å². The standard InChI is InChI=1S/C24H24F2N4O3/c1-24(2)14-10-30(23(33)13-5-6-15(25)19(26)17(13)11-3-4-11)20(18(14)24)22(32)29-12-7-8-28-16(9-12)21(27)31/h5-9,11,14,18,20H,3-4,10H2,1-2H3,(H2,27,31)(H,28,29,32)/t14-,18-,20-/m0/s1. The third kappa shape index (κ3) is 3.46. The van der Waals surface area contributed by atoms with Gasteiger partial charge in [-0.2, -0.15) is 0 Å². The van der Waals surface area contributed by atoms with Crippen molar-refractivity contribution in [3.05, 3.63) is 58.9 Å². The minimum absolute atomic E-state index is 0.00708. The van der Waals surface area contributed by atoms with E-state index < -0.39 is 35.4 Å². The molecule has 7 nitrogen and oxygen atoms in total. The SMILES string of the molecule is CC1(C)[C@@H]2[C@@H](C(=O)Nc3ccnc(C(N)=O)c3)N(C(=O)c3ccc(F)c(F)c3C3CC3)C[C@@H]21. The summed E-state index contributed by atoms with van der Waals surface area (Å²) in [4.78, 5) is 43.6. The summed E-state index contributed by atoms with van der Waals surface area (Å²) in [5.74, 6) is -3.66. The number of carbonyl (C=O) groups excluding carboxylic acids is 3. The lowest BCUT2D eigenvalue weighted by atomic mass is 9.97. The van der Waals surface area contributed by atoms with Crippen LogP contribution >= 0.6 is 0 Å². The molecule has 3 atom stereocenters. The zero-order chi connectivity index (χ0) is 23.7. The minimum Gasteiger partial charge on any atom is -0.364 e. The van der Waals surface area contributed by atoms with Crippen LogP contribution in [-0.4, -0.2) is 40.2 Å². The Morgan fingerprint density at radius 2 is 1.91 bits per heavy atom. The number of nitrogens with two attached hydrogens (primary N) is 1. The summed E-state index contributed by atoms with van der Waals surface area (Å²) in [5, 5.41) is 2.77. The molecule has 0 spiro atoms. The number of aromatic nitrogens is 1. The first-order chi connectivity index (χ1) is 15.6. The molecule has 3 fully saturated rings. The summed E-state index contributed by atoms with van der Waals surface area (Å²) >= 11 is 0. The predicted octanol–water partition coefficient (Wildman–Crippen LogP) is 3.07. The van der Waals surface area contributed by atoms with Gasteiger partial charge < -0.3 is 16.0 Å². The van der Waals surface area contributed by atoms with Crippen molar-refractivity contribution in [1.29, 1.82) is 0 Å². The topological polar surface area (TPSA) is 105 Å². The van der Waals surface area contributed by atoms with Crippen molar-refractivity contribution in [2.24, 2.45) is 23.0 Å². The van der Waals surface area contributed by atoms with Crippen molar-refractivity contribution < 1.29 is 23.2 Å². The van der Waals surface area contributed by atoms with Gasteiger partial charge in [0.2, 0.25) is 5.91 Å². The molecule has 0 radical (unpaired) electrons. The molecule has 0 unspecified atom stereocenters. The fourth-order valence-electron chi connectivity index (χ4n) is 5.33. The number of likely N-dealkylation sites (tertiary alicyclic amines) is 1. The van der Waals surface area contributed by atoms with Crippen molar-refractivity contribution in [2.75, 3.05) is 11.9 Å². The number of benzene rings is 1. The van der Waals surface area contributed by atoms with Gasteiger partial charge in [-0.1, -0.05) is 13.8 Å². The third-order valence-corrected chi connectivity index (χ3v) is 7.37. The van der Waals surface area contributed by atoms with E-state index in [1.54, 1.807) is 0 Å². The molecule has 2 heterocycles. The van der Waals surface area contributed by atoms with E-state index in [9.17, 15) is 23.2 Å². The number of halogens is 2. The van der Waals surface area contributed by atoms with Crippen molar-refractivity contribution in [3.63, 3.8) is 0 Å². The van der Waals surface area contributed by atoms with Gasteiger partial charge in [-0.25, -0.2) is 8.78 Å². The number of anilines is 1. The predicted molar refractivity (Wildman–Crippen MR) is 115 cm³/mol. The third-order valence-electron chi connectivity index (χ3n) is 7.37. The number of nitrogens with one attached hydrogen (secondary N) is 1. The number of rotatable bonds is 5. The van der Waals surface area contributed by atoms with Gasteiger partial charge in [0.15, 0.2) is 11.6 Å². The summed E-state index contributed by atoms with van der Waals surface area (Å²) in [6.45, 7) is 4.46. The zero-order valence-corrected chi connectivity index (χ0v) is 18.3. The summed E-state index contributed by atoms with van der Waals surface area (Å²) in [6, 6.07) is 4.41. The highest BCUT2D eigenvalue weighted by atomic mass is 19.2. The molecule has 1 saturated heterocycles. The molecule has 1 aromatic carbocycles. The van der Waals surface area contributed by atoms with E-state index in [1.165, 1.54) is 29.3 Å². The van der Waals surface area contributed by atoms with Gasteiger partial charge in [-0.15, -0.1) is 0 Å². The largest absolute Gasteiger partial charge is 0.364 e. The molecule has 9 heteroatoms. The van der Waals surface area contributed by atoms with Crippen molar-refractivity contribution in [3.8, 4) is 0 Å². The molecule has 5 rings (SSSR count). The van der Waals surface area contributed by atoms with E-state index in [-0.39, 0.29) is 40.0 Å². The second kappa shape index (κ2) is 7.33. The van der Waals surface area contributed by atoms with E-state index in [1.807, 2.05) is 0 Å². The number of primary amides is 1. The van der Waals surface area contributed by atoms with Crippen molar-refractivity contribution >= 4 is 23.4 Å². The van der Waals surface area contributed by atoms with Crippen LogP contribution in [0.3, 0.4) is 0 Å². The van der Waals surface area contributed by atoms with E-state index in [0.29, 0.717) is 25.1 Å². The number of hydrogen-bond donors (Lipinski definition) is 2. The van der Waals surface area contributed by atoms with Crippen LogP contribution in [0.15, 0.2) is 30.5 Å². The lowest BCUT2D eigenvalue weighted by Crippen LogP contribution is -2.48. The molecule has 0 bridgehead atoms. The number of nitrogens with zero attached hydrogens (tertiary/aromatic N) is 2. The molecule has 172 valence electrons. The average Bonchev–Trinajstić information content (AvgIpc) is 3.63. The fourth-order valence-corrected chi connectivity index (χ4v) is 5.33. The molecule has 2 aromatic rings. The Morgan fingerprint density at radius 3 is 2.58 bits per heavy atom. The molecule has 3 aliphatic rings. The normalized spacial score (nSPS) is 24.8.